The average molecular weight is 325 g/mol. The van der Waals surface area contributed by atoms with Gasteiger partial charge < -0.3 is 9.64 Å². The lowest BCUT2D eigenvalue weighted by atomic mass is 9.95. The van der Waals surface area contributed by atoms with Gasteiger partial charge in [-0.2, -0.15) is 0 Å². The summed E-state index contributed by atoms with van der Waals surface area (Å²) in [5.74, 6) is 1.23. The van der Waals surface area contributed by atoms with E-state index in [1.54, 1.807) is 7.11 Å². The fourth-order valence-electron chi connectivity index (χ4n) is 2.86. The Kier molecular flexibility index (Phi) is 6.02. The Morgan fingerprint density at radius 2 is 1.83 bits per heavy atom. The lowest BCUT2D eigenvalue weighted by Crippen LogP contribution is -2.31. The summed E-state index contributed by atoms with van der Waals surface area (Å²) in [6.45, 7) is 9.51. The minimum absolute atomic E-state index is 0.0726. The summed E-state index contributed by atoms with van der Waals surface area (Å²) in [6, 6.07) is 14.1. The molecule has 3 heteroatoms. The summed E-state index contributed by atoms with van der Waals surface area (Å²) in [6.07, 6.45) is 0. The molecule has 0 aliphatic carbocycles. The molecule has 0 radical (unpaired) electrons. The molecule has 1 amide bonds. The maximum Gasteiger partial charge on any atom is 0.254 e. The number of rotatable bonds is 6. The molecule has 24 heavy (non-hydrogen) atoms. The van der Waals surface area contributed by atoms with Crippen molar-refractivity contribution in [1.29, 1.82) is 0 Å². The highest BCUT2D eigenvalue weighted by atomic mass is 16.5. The van der Waals surface area contributed by atoms with E-state index in [0.717, 1.165) is 28.0 Å². The van der Waals surface area contributed by atoms with Crippen molar-refractivity contribution in [2.24, 2.45) is 0 Å². The van der Waals surface area contributed by atoms with E-state index < -0.39 is 0 Å². The maximum atomic E-state index is 13.1. The first-order valence-electron chi connectivity index (χ1n) is 8.49. The molecular formula is C21H27NO2. The molecular weight excluding hydrogens is 298 g/mol. The van der Waals surface area contributed by atoms with Gasteiger partial charge in [0.1, 0.15) is 5.75 Å². The van der Waals surface area contributed by atoms with Crippen LogP contribution in [0.2, 0.25) is 0 Å². The van der Waals surface area contributed by atoms with E-state index >= 15 is 0 Å². The maximum absolute atomic E-state index is 13.1. The quantitative estimate of drug-likeness (QED) is 0.764. The van der Waals surface area contributed by atoms with Crippen LogP contribution in [0.15, 0.2) is 42.5 Å². The summed E-state index contributed by atoms with van der Waals surface area (Å²) in [4.78, 5) is 14.9. The number of aryl methyl sites for hydroxylation is 1. The highest BCUT2D eigenvalue weighted by Crippen LogP contribution is 2.30. The van der Waals surface area contributed by atoms with E-state index in [0.29, 0.717) is 19.0 Å². The monoisotopic (exact) mass is 325 g/mol. The lowest BCUT2D eigenvalue weighted by Gasteiger charge is -2.23. The van der Waals surface area contributed by atoms with Crippen molar-refractivity contribution >= 4 is 5.91 Å². The topological polar surface area (TPSA) is 29.5 Å². The summed E-state index contributed by atoms with van der Waals surface area (Å²) < 4.78 is 5.48. The summed E-state index contributed by atoms with van der Waals surface area (Å²) in [5, 5.41) is 0. The van der Waals surface area contributed by atoms with Gasteiger partial charge in [-0.3, -0.25) is 4.79 Å². The van der Waals surface area contributed by atoms with Crippen LogP contribution in [0.3, 0.4) is 0 Å². The predicted octanol–water partition coefficient (Wildman–Crippen LogP) is 4.79. The van der Waals surface area contributed by atoms with E-state index in [9.17, 15) is 4.79 Å². The SMILES string of the molecule is CCN(Cc1ccccc1)C(=O)c1cc(C(C)C)c(OC)cc1C. The van der Waals surface area contributed by atoms with E-state index in [4.69, 9.17) is 4.74 Å². The van der Waals surface area contributed by atoms with E-state index in [1.165, 1.54) is 0 Å². The van der Waals surface area contributed by atoms with Gasteiger partial charge in [0.05, 0.1) is 7.11 Å². The molecule has 0 aromatic heterocycles. The highest BCUT2D eigenvalue weighted by molar-refractivity contribution is 5.96. The molecule has 2 aromatic carbocycles. The van der Waals surface area contributed by atoms with Crippen LogP contribution in [0.4, 0.5) is 0 Å². The highest BCUT2D eigenvalue weighted by Gasteiger charge is 2.20. The van der Waals surface area contributed by atoms with E-state index in [2.05, 4.69) is 26.0 Å². The second kappa shape index (κ2) is 8.00. The average Bonchev–Trinajstić information content (AvgIpc) is 2.59. The van der Waals surface area contributed by atoms with Gasteiger partial charge in [-0.15, -0.1) is 0 Å². The first-order valence-corrected chi connectivity index (χ1v) is 8.49. The molecule has 0 fully saturated rings. The van der Waals surface area contributed by atoms with Crippen LogP contribution in [0.25, 0.3) is 0 Å². The second-order valence-electron chi connectivity index (χ2n) is 6.37. The van der Waals surface area contributed by atoms with Gasteiger partial charge in [0.15, 0.2) is 0 Å². The molecule has 0 saturated heterocycles. The van der Waals surface area contributed by atoms with Crippen LogP contribution in [-0.4, -0.2) is 24.5 Å². The first-order chi connectivity index (χ1) is 11.5. The second-order valence-corrected chi connectivity index (χ2v) is 6.37. The first kappa shape index (κ1) is 18.1. The van der Waals surface area contributed by atoms with Crippen molar-refractivity contribution in [2.45, 2.75) is 40.2 Å². The van der Waals surface area contributed by atoms with Gasteiger partial charge in [0.2, 0.25) is 0 Å². The van der Waals surface area contributed by atoms with Crippen LogP contribution in [0, 0.1) is 6.92 Å². The molecule has 0 aliphatic rings. The van der Waals surface area contributed by atoms with Gasteiger partial charge in [-0.25, -0.2) is 0 Å². The fourth-order valence-corrected chi connectivity index (χ4v) is 2.86. The van der Waals surface area contributed by atoms with E-state index in [-0.39, 0.29) is 5.91 Å². The number of benzene rings is 2. The molecule has 2 aromatic rings. The Labute approximate surface area is 145 Å². The number of ether oxygens (including phenoxy) is 1. The number of carbonyl (C=O) groups is 1. The Balaban J connectivity index is 2.34. The summed E-state index contributed by atoms with van der Waals surface area (Å²) in [7, 11) is 1.68. The number of methoxy groups -OCH3 is 1. The Morgan fingerprint density at radius 3 is 2.38 bits per heavy atom. The van der Waals surface area contributed by atoms with Crippen LogP contribution in [0.1, 0.15) is 53.7 Å². The third-order valence-electron chi connectivity index (χ3n) is 4.31. The van der Waals surface area contributed by atoms with Crippen molar-refractivity contribution in [1.82, 2.24) is 4.90 Å². The van der Waals surface area contributed by atoms with Crippen LogP contribution >= 0.6 is 0 Å². The van der Waals surface area contributed by atoms with Gasteiger partial charge >= 0.3 is 0 Å². The van der Waals surface area contributed by atoms with Crippen LogP contribution in [-0.2, 0) is 6.54 Å². The standard InChI is InChI=1S/C21H27NO2/c1-6-22(14-17-10-8-7-9-11-17)21(23)19-13-18(15(2)3)20(24-5)12-16(19)4/h7-13,15H,6,14H2,1-5H3. The third-order valence-corrected chi connectivity index (χ3v) is 4.31. The molecule has 0 N–H and O–H groups in total. The van der Waals surface area contributed by atoms with Crippen molar-refractivity contribution in [3.63, 3.8) is 0 Å². The molecule has 0 bridgehead atoms. The van der Waals surface area contributed by atoms with Crippen LogP contribution < -0.4 is 4.74 Å². The minimum atomic E-state index is 0.0726. The van der Waals surface area contributed by atoms with E-state index in [1.807, 2.05) is 49.1 Å². The van der Waals surface area contributed by atoms with Crippen molar-refractivity contribution in [2.75, 3.05) is 13.7 Å². The van der Waals surface area contributed by atoms with Crippen molar-refractivity contribution < 1.29 is 9.53 Å². The van der Waals surface area contributed by atoms with Gasteiger partial charge in [-0.1, -0.05) is 44.2 Å². The molecule has 0 heterocycles. The van der Waals surface area contributed by atoms with Crippen LogP contribution in [0.5, 0.6) is 5.75 Å². The molecule has 0 aliphatic heterocycles. The molecule has 3 nitrogen and oxygen atoms in total. The predicted molar refractivity (Wildman–Crippen MR) is 98.7 cm³/mol. The smallest absolute Gasteiger partial charge is 0.254 e. The largest absolute Gasteiger partial charge is 0.496 e. The number of amides is 1. The van der Waals surface area contributed by atoms with Gasteiger partial charge in [0, 0.05) is 18.7 Å². The molecule has 0 saturated carbocycles. The molecule has 0 atom stereocenters. The minimum Gasteiger partial charge on any atom is -0.496 e. The third kappa shape index (κ3) is 3.97. The van der Waals surface area contributed by atoms with Gasteiger partial charge in [-0.05, 0) is 48.6 Å². The zero-order chi connectivity index (χ0) is 17.7. The molecule has 2 rings (SSSR count). The number of hydrogen-bond donors (Lipinski definition) is 0. The molecule has 0 unspecified atom stereocenters. The number of carbonyl (C=O) groups excluding carboxylic acids is 1. The zero-order valence-electron chi connectivity index (χ0n) is 15.3. The number of nitrogens with zero attached hydrogens (tertiary/aromatic N) is 1. The normalized spacial score (nSPS) is 10.8. The molecule has 128 valence electrons. The Morgan fingerprint density at radius 1 is 1.17 bits per heavy atom. The van der Waals surface area contributed by atoms with Gasteiger partial charge in [0.25, 0.3) is 5.91 Å². The lowest BCUT2D eigenvalue weighted by molar-refractivity contribution is 0.0751. The van der Waals surface area contributed by atoms with Crippen molar-refractivity contribution in [3.05, 3.63) is 64.7 Å². The van der Waals surface area contributed by atoms with Crippen molar-refractivity contribution in [3.8, 4) is 5.75 Å². The Hall–Kier alpha value is -2.29. The zero-order valence-corrected chi connectivity index (χ0v) is 15.3. The molecule has 0 spiro atoms. The summed E-state index contributed by atoms with van der Waals surface area (Å²) in [5.41, 5.74) is 3.93. The Bertz CT molecular complexity index is 692. The summed E-state index contributed by atoms with van der Waals surface area (Å²) >= 11 is 0. The number of hydrogen-bond acceptors (Lipinski definition) is 2. The fraction of sp³-hybridized carbons (Fsp3) is 0.381.